The van der Waals surface area contributed by atoms with Gasteiger partial charge in [0.2, 0.25) is 0 Å². The zero-order chi connectivity index (χ0) is 17.5. The van der Waals surface area contributed by atoms with Crippen LogP contribution in [0, 0.1) is 0 Å². The smallest absolute Gasteiger partial charge is 0.320 e. The molecule has 0 aliphatic heterocycles. The minimum Gasteiger partial charge on any atom is -0.508 e. The molecule has 0 unspecified atom stereocenters. The summed E-state index contributed by atoms with van der Waals surface area (Å²) in [7, 11) is 0. The third kappa shape index (κ3) is 5.07. The van der Waals surface area contributed by atoms with E-state index < -0.39 is 0 Å². The van der Waals surface area contributed by atoms with E-state index in [1.165, 1.54) is 0 Å². The maximum absolute atomic E-state index is 11.9. The topological polar surface area (TPSA) is 92.1 Å². The van der Waals surface area contributed by atoms with Crippen LogP contribution in [0.3, 0.4) is 0 Å². The Kier molecular flexibility index (Phi) is 5.26. The summed E-state index contributed by atoms with van der Waals surface area (Å²) in [6.07, 6.45) is 5.94. The van der Waals surface area contributed by atoms with E-state index in [2.05, 4.69) is 20.7 Å². The molecule has 0 fully saturated rings. The van der Waals surface area contributed by atoms with Crippen LogP contribution in [0.1, 0.15) is 11.1 Å². The highest BCUT2D eigenvalue weighted by molar-refractivity contribution is 5.88. The van der Waals surface area contributed by atoms with Crippen molar-refractivity contribution in [3.8, 4) is 5.75 Å². The molecule has 2 heterocycles. The molecule has 7 nitrogen and oxygen atoms in total. The summed E-state index contributed by atoms with van der Waals surface area (Å²) in [4.78, 5) is 16.0. The summed E-state index contributed by atoms with van der Waals surface area (Å²) in [5.41, 5.74) is 1.99. The van der Waals surface area contributed by atoms with Gasteiger partial charge in [0.05, 0.1) is 6.54 Å². The van der Waals surface area contributed by atoms with Crippen molar-refractivity contribution in [3.05, 3.63) is 72.2 Å². The monoisotopic (exact) mass is 337 g/mol. The summed E-state index contributed by atoms with van der Waals surface area (Å²) in [5.74, 6) is 0.708. The van der Waals surface area contributed by atoms with Gasteiger partial charge in [0.1, 0.15) is 5.75 Å². The molecule has 0 radical (unpaired) electrons. The number of hydrogen-bond acceptors (Lipinski definition) is 4. The summed E-state index contributed by atoms with van der Waals surface area (Å²) in [6.45, 7) is 1.06. The minimum atomic E-state index is -0.313. The first-order valence-corrected chi connectivity index (χ1v) is 7.94. The number of pyridine rings is 1. The molecule has 0 atom stereocenters. The first-order valence-electron chi connectivity index (χ1n) is 7.94. The van der Waals surface area contributed by atoms with Gasteiger partial charge in [0.25, 0.3) is 0 Å². The van der Waals surface area contributed by atoms with Gasteiger partial charge in [-0.1, -0.05) is 18.2 Å². The number of rotatable bonds is 6. The van der Waals surface area contributed by atoms with E-state index in [0.717, 1.165) is 11.1 Å². The minimum absolute atomic E-state index is 0.223. The quantitative estimate of drug-likeness (QED) is 0.644. The number of carbonyl (C=O) groups excluding carboxylic acids is 1. The molecule has 2 aromatic heterocycles. The molecule has 7 heteroatoms. The van der Waals surface area contributed by atoms with Gasteiger partial charge in [-0.2, -0.15) is 5.10 Å². The number of carbonyl (C=O) groups is 1. The molecule has 25 heavy (non-hydrogen) atoms. The molecule has 2 amide bonds. The number of hydrogen-bond donors (Lipinski definition) is 3. The average Bonchev–Trinajstić information content (AvgIpc) is 3.02. The van der Waals surface area contributed by atoms with Crippen LogP contribution in [-0.4, -0.2) is 32.4 Å². The lowest BCUT2D eigenvalue weighted by Gasteiger charge is -2.06. The summed E-state index contributed by atoms with van der Waals surface area (Å²) in [6, 6.07) is 12.2. The Labute approximate surface area is 145 Å². The molecule has 0 spiro atoms. The fourth-order valence-electron chi connectivity index (χ4n) is 2.39. The number of aromatic hydroxyl groups is 1. The Hall–Kier alpha value is -3.35. The zero-order valence-electron chi connectivity index (χ0n) is 13.6. The number of benzene rings is 1. The third-order valence-electron chi connectivity index (χ3n) is 3.56. The van der Waals surface area contributed by atoms with Gasteiger partial charge >= 0.3 is 6.03 Å². The van der Waals surface area contributed by atoms with E-state index in [9.17, 15) is 9.90 Å². The Morgan fingerprint density at radius 3 is 2.84 bits per heavy atom. The normalized spacial score (nSPS) is 10.4. The maximum Gasteiger partial charge on any atom is 0.320 e. The predicted octanol–water partition coefficient (Wildman–Crippen LogP) is 2.40. The van der Waals surface area contributed by atoms with E-state index in [0.29, 0.717) is 25.3 Å². The van der Waals surface area contributed by atoms with E-state index in [1.807, 2.05) is 18.2 Å². The molecule has 3 N–H and O–H groups in total. The van der Waals surface area contributed by atoms with Crippen LogP contribution >= 0.6 is 0 Å². The van der Waals surface area contributed by atoms with Crippen molar-refractivity contribution in [2.75, 3.05) is 11.9 Å². The lowest BCUT2D eigenvalue weighted by molar-refractivity contribution is 0.252. The molecule has 0 saturated heterocycles. The standard InChI is InChI=1S/C18H19N5O2/c24-16-5-1-3-14(11-16)6-9-20-18(25)21-17-7-10-23(22-17)13-15-4-2-8-19-12-15/h1-5,7-8,10-12,24H,6,9,13H2,(H2,20,21,22,25). The Bertz CT molecular complexity index is 832. The maximum atomic E-state index is 11.9. The SMILES string of the molecule is O=C(NCCc1cccc(O)c1)Nc1ccn(Cc2cccnc2)n1. The largest absolute Gasteiger partial charge is 0.508 e. The fraction of sp³-hybridized carbons (Fsp3) is 0.167. The van der Waals surface area contributed by atoms with Crippen molar-refractivity contribution < 1.29 is 9.90 Å². The summed E-state index contributed by atoms with van der Waals surface area (Å²) >= 11 is 0. The van der Waals surface area contributed by atoms with E-state index >= 15 is 0 Å². The van der Waals surface area contributed by atoms with Gasteiger partial charge in [0, 0.05) is 31.2 Å². The number of nitrogens with one attached hydrogen (secondary N) is 2. The highest BCUT2D eigenvalue weighted by Crippen LogP contribution is 2.11. The summed E-state index contributed by atoms with van der Waals surface area (Å²) < 4.78 is 1.74. The van der Waals surface area contributed by atoms with Crippen LogP contribution in [-0.2, 0) is 13.0 Å². The van der Waals surface area contributed by atoms with Gasteiger partial charge in [0.15, 0.2) is 5.82 Å². The third-order valence-corrected chi connectivity index (χ3v) is 3.56. The Morgan fingerprint density at radius 1 is 1.16 bits per heavy atom. The van der Waals surface area contributed by atoms with E-state index in [1.54, 1.807) is 47.5 Å². The number of nitrogens with zero attached hydrogens (tertiary/aromatic N) is 3. The lowest BCUT2D eigenvalue weighted by atomic mass is 10.1. The van der Waals surface area contributed by atoms with Gasteiger partial charge in [-0.15, -0.1) is 0 Å². The highest BCUT2D eigenvalue weighted by atomic mass is 16.3. The molecule has 0 aliphatic carbocycles. The molecule has 0 saturated carbocycles. The van der Waals surface area contributed by atoms with Crippen molar-refractivity contribution in [2.45, 2.75) is 13.0 Å². The highest BCUT2D eigenvalue weighted by Gasteiger charge is 2.05. The summed E-state index contributed by atoms with van der Waals surface area (Å²) in [5, 5.41) is 19.2. The molecule has 0 aliphatic rings. The molecule has 128 valence electrons. The first-order chi connectivity index (χ1) is 12.2. The molecular weight excluding hydrogens is 318 g/mol. The molecule has 0 bridgehead atoms. The van der Waals surface area contributed by atoms with Crippen molar-refractivity contribution >= 4 is 11.8 Å². The van der Waals surface area contributed by atoms with Crippen molar-refractivity contribution in [2.24, 2.45) is 0 Å². The van der Waals surface area contributed by atoms with Gasteiger partial charge in [-0.25, -0.2) is 4.79 Å². The van der Waals surface area contributed by atoms with Crippen LogP contribution < -0.4 is 10.6 Å². The Balaban J connectivity index is 1.45. The number of amides is 2. The second-order valence-electron chi connectivity index (χ2n) is 5.56. The number of anilines is 1. The molecule has 1 aromatic carbocycles. The predicted molar refractivity (Wildman–Crippen MR) is 94.4 cm³/mol. The van der Waals surface area contributed by atoms with E-state index in [4.69, 9.17) is 0 Å². The van der Waals surface area contributed by atoms with E-state index in [-0.39, 0.29) is 11.8 Å². The molecule has 3 rings (SSSR count). The second kappa shape index (κ2) is 7.96. The molecule has 3 aromatic rings. The number of urea groups is 1. The van der Waals surface area contributed by atoms with Crippen molar-refractivity contribution in [1.82, 2.24) is 20.1 Å². The van der Waals surface area contributed by atoms with Crippen LogP contribution in [0.15, 0.2) is 61.1 Å². The van der Waals surface area contributed by atoms with Gasteiger partial charge < -0.3 is 10.4 Å². The first kappa shape index (κ1) is 16.5. The lowest BCUT2D eigenvalue weighted by Crippen LogP contribution is -2.30. The van der Waals surface area contributed by atoms with Crippen LogP contribution in [0.2, 0.25) is 0 Å². The van der Waals surface area contributed by atoms with Crippen molar-refractivity contribution in [3.63, 3.8) is 0 Å². The van der Waals surface area contributed by atoms with Crippen LogP contribution in [0.25, 0.3) is 0 Å². The average molecular weight is 337 g/mol. The van der Waals surface area contributed by atoms with Gasteiger partial charge in [-0.05, 0) is 35.7 Å². The second-order valence-corrected chi connectivity index (χ2v) is 5.56. The van der Waals surface area contributed by atoms with Gasteiger partial charge in [-0.3, -0.25) is 15.0 Å². The number of phenols is 1. The number of aromatic nitrogens is 3. The van der Waals surface area contributed by atoms with Crippen LogP contribution in [0.4, 0.5) is 10.6 Å². The van der Waals surface area contributed by atoms with Crippen LogP contribution in [0.5, 0.6) is 5.75 Å². The number of phenolic OH excluding ortho intramolecular Hbond substituents is 1. The zero-order valence-corrected chi connectivity index (χ0v) is 13.6. The fourth-order valence-corrected chi connectivity index (χ4v) is 2.39. The van der Waals surface area contributed by atoms with Crippen molar-refractivity contribution in [1.29, 1.82) is 0 Å². The molecular formula is C18H19N5O2. The Morgan fingerprint density at radius 2 is 2.04 bits per heavy atom.